The molecule has 0 aromatic carbocycles. The summed E-state index contributed by atoms with van der Waals surface area (Å²) in [5.74, 6) is 1.57. The predicted octanol–water partition coefficient (Wildman–Crippen LogP) is 2.01. The van der Waals surface area contributed by atoms with E-state index in [1.54, 1.807) is 18.3 Å². The third-order valence-electron chi connectivity index (χ3n) is 3.90. The van der Waals surface area contributed by atoms with E-state index in [1.807, 2.05) is 16.7 Å². The highest BCUT2D eigenvalue weighted by molar-refractivity contribution is 7.99. The van der Waals surface area contributed by atoms with Crippen molar-refractivity contribution in [1.82, 2.24) is 30.5 Å². The number of rotatable bonds is 4. The highest BCUT2D eigenvalue weighted by Crippen LogP contribution is 2.23. The summed E-state index contributed by atoms with van der Waals surface area (Å²) in [5, 5.41) is 14.3. The van der Waals surface area contributed by atoms with E-state index in [4.69, 9.17) is 0 Å². The van der Waals surface area contributed by atoms with Gasteiger partial charge in [-0.2, -0.15) is 17.0 Å². The van der Waals surface area contributed by atoms with Gasteiger partial charge in [0.1, 0.15) is 5.69 Å². The number of tetrazole rings is 1. The third kappa shape index (κ3) is 3.87. The molecule has 23 heavy (non-hydrogen) atoms. The number of hydrogen-bond acceptors (Lipinski definition) is 6. The molecule has 1 saturated heterocycles. The highest BCUT2D eigenvalue weighted by Gasteiger charge is 2.23. The Morgan fingerprint density at radius 2 is 2.35 bits per heavy atom. The molecule has 3 rings (SSSR count). The van der Waals surface area contributed by atoms with Crippen LogP contribution < -0.4 is 0 Å². The lowest BCUT2D eigenvalue weighted by atomic mass is 10.2. The summed E-state index contributed by atoms with van der Waals surface area (Å²) in [4.78, 5) is 18.9. The number of amides is 1. The fourth-order valence-electron chi connectivity index (χ4n) is 2.76. The minimum Gasteiger partial charge on any atom is -0.336 e. The van der Waals surface area contributed by atoms with Gasteiger partial charge in [-0.15, -0.1) is 10.2 Å². The average Bonchev–Trinajstić information content (AvgIpc) is 3.02. The number of carbonyl (C=O) groups is 1. The van der Waals surface area contributed by atoms with Crippen molar-refractivity contribution in [3.05, 3.63) is 24.0 Å². The van der Waals surface area contributed by atoms with E-state index in [9.17, 15) is 4.79 Å². The smallest absolute Gasteiger partial charge is 0.272 e. The number of H-pyrrole nitrogens is 1. The molecule has 0 bridgehead atoms. The first-order chi connectivity index (χ1) is 11.3. The lowest BCUT2D eigenvalue weighted by Crippen LogP contribution is -2.36. The Kier molecular flexibility index (Phi) is 5.22. The van der Waals surface area contributed by atoms with Crippen molar-refractivity contribution in [3.63, 3.8) is 0 Å². The standard InChI is InChI=1S/C15H20N6OS/c1-2-23-12-5-3-4-8-21(10-12)15(22)13-7-6-11(9-16-13)14-17-19-20-18-14/h6-7,9,12H,2-5,8,10H2,1H3,(H,17,18,19,20). The molecule has 1 amide bonds. The Morgan fingerprint density at radius 3 is 3.04 bits per heavy atom. The topological polar surface area (TPSA) is 87.7 Å². The van der Waals surface area contributed by atoms with Crippen LogP contribution in [0, 0.1) is 0 Å². The van der Waals surface area contributed by atoms with Gasteiger partial charge in [-0.25, -0.2) is 0 Å². The molecule has 1 unspecified atom stereocenters. The maximum atomic E-state index is 12.7. The molecule has 0 aliphatic carbocycles. The Labute approximate surface area is 139 Å². The molecular weight excluding hydrogens is 312 g/mol. The van der Waals surface area contributed by atoms with Crippen molar-refractivity contribution >= 4 is 17.7 Å². The highest BCUT2D eigenvalue weighted by atomic mass is 32.2. The number of likely N-dealkylation sites (tertiary alicyclic amines) is 1. The second kappa shape index (κ2) is 7.54. The Hall–Kier alpha value is -1.96. The van der Waals surface area contributed by atoms with Crippen molar-refractivity contribution in [1.29, 1.82) is 0 Å². The van der Waals surface area contributed by atoms with Crippen LogP contribution in [0.1, 0.15) is 36.7 Å². The Balaban J connectivity index is 1.71. The number of aromatic nitrogens is 5. The number of aromatic amines is 1. The summed E-state index contributed by atoms with van der Waals surface area (Å²) in [6.45, 7) is 3.79. The van der Waals surface area contributed by atoms with Crippen LogP contribution in [-0.2, 0) is 0 Å². The zero-order chi connectivity index (χ0) is 16.1. The molecule has 7 nitrogen and oxygen atoms in total. The molecule has 0 radical (unpaired) electrons. The minimum absolute atomic E-state index is 0.00765. The van der Waals surface area contributed by atoms with Crippen molar-refractivity contribution in [3.8, 4) is 11.4 Å². The molecule has 1 aliphatic heterocycles. The van der Waals surface area contributed by atoms with E-state index in [-0.39, 0.29) is 5.91 Å². The molecule has 8 heteroatoms. The van der Waals surface area contributed by atoms with Crippen molar-refractivity contribution in [2.45, 2.75) is 31.4 Å². The van der Waals surface area contributed by atoms with Crippen LogP contribution in [-0.4, -0.2) is 60.5 Å². The summed E-state index contributed by atoms with van der Waals surface area (Å²) in [5.41, 5.74) is 1.21. The molecule has 0 spiro atoms. The molecule has 1 aliphatic rings. The number of nitrogens with zero attached hydrogens (tertiary/aromatic N) is 5. The molecule has 122 valence electrons. The SMILES string of the molecule is CCSC1CCCCN(C(=O)c2ccc(-c3nn[nH]n3)cn2)C1. The number of thioether (sulfide) groups is 1. The predicted molar refractivity (Wildman–Crippen MR) is 89.1 cm³/mol. The van der Waals surface area contributed by atoms with Gasteiger partial charge in [0.05, 0.1) is 0 Å². The molecule has 1 atom stereocenters. The van der Waals surface area contributed by atoms with Crippen molar-refractivity contribution < 1.29 is 4.79 Å². The van der Waals surface area contributed by atoms with E-state index in [1.165, 1.54) is 12.8 Å². The molecule has 0 saturated carbocycles. The number of carbonyl (C=O) groups excluding carboxylic acids is 1. The Bertz CT molecular complexity index is 630. The summed E-state index contributed by atoms with van der Waals surface area (Å²) in [6.07, 6.45) is 5.06. The normalized spacial score (nSPS) is 18.7. The Morgan fingerprint density at radius 1 is 1.43 bits per heavy atom. The lowest BCUT2D eigenvalue weighted by molar-refractivity contribution is 0.0757. The van der Waals surface area contributed by atoms with Gasteiger partial charge in [0.15, 0.2) is 0 Å². The summed E-state index contributed by atoms with van der Waals surface area (Å²) in [7, 11) is 0. The van der Waals surface area contributed by atoms with E-state index >= 15 is 0 Å². The number of pyridine rings is 1. The number of nitrogens with one attached hydrogen (secondary N) is 1. The molecule has 3 heterocycles. The maximum absolute atomic E-state index is 12.7. The van der Waals surface area contributed by atoms with Crippen LogP contribution in [0.25, 0.3) is 11.4 Å². The van der Waals surface area contributed by atoms with Gasteiger partial charge in [0, 0.05) is 30.1 Å². The van der Waals surface area contributed by atoms with Crippen LogP contribution in [0.2, 0.25) is 0 Å². The largest absolute Gasteiger partial charge is 0.336 e. The molecule has 2 aromatic rings. The van der Waals surface area contributed by atoms with Gasteiger partial charge in [-0.1, -0.05) is 13.3 Å². The zero-order valence-corrected chi connectivity index (χ0v) is 13.9. The summed E-state index contributed by atoms with van der Waals surface area (Å²) in [6, 6.07) is 3.54. The van der Waals surface area contributed by atoms with Gasteiger partial charge in [0.25, 0.3) is 5.91 Å². The zero-order valence-electron chi connectivity index (χ0n) is 13.1. The van der Waals surface area contributed by atoms with Gasteiger partial charge in [0.2, 0.25) is 5.82 Å². The lowest BCUT2D eigenvalue weighted by Gasteiger charge is -2.23. The van der Waals surface area contributed by atoms with Crippen molar-refractivity contribution in [2.75, 3.05) is 18.8 Å². The van der Waals surface area contributed by atoms with Gasteiger partial charge in [-0.05, 0) is 35.9 Å². The summed E-state index contributed by atoms with van der Waals surface area (Å²) >= 11 is 1.94. The van der Waals surface area contributed by atoms with Crippen LogP contribution in [0.4, 0.5) is 0 Å². The van der Waals surface area contributed by atoms with Crippen LogP contribution in [0.5, 0.6) is 0 Å². The average molecular weight is 332 g/mol. The van der Waals surface area contributed by atoms with E-state index < -0.39 is 0 Å². The van der Waals surface area contributed by atoms with Crippen LogP contribution >= 0.6 is 11.8 Å². The quantitative estimate of drug-likeness (QED) is 0.921. The first kappa shape index (κ1) is 15.9. The molecule has 1 N–H and O–H groups in total. The molecular formula is C15H20N6OS. The van der Waals surface area contributed by atoms with E-state index in [0.717, 1.165) is 30.8 Å². The minimum atomic E-state index is 0.00765. The van der Waals surface area contributed by atoms with Gasteiger partial charge < -0.3 is 4.90 Å². The maximum Gasteiger partial charge on any atom is 0.272 e. The van der Waals surface area contributed by atoms with Crippen LogP contribution in [0.15, 0.2) is 18.3 Å². The van der Waals surface area contributed by atoms with Gasteiger partial charge in [-0.3, -0.25) is 9.78 Å². The monoisotopic (exact) mass is 332 g/mol. The van der Waals surface area contributed by atoms with Gasteiger partial charge >= 0.3 is 0 Å². The second-order valence-corrected chi connectivity index (χ2v) is 7.07. The van der Waals surface area contributed by atoms with Crippen molar-refractivity contribution in [2.24, 2.45) is 0 Å². The molecule has 2 aromatic heterocycles. The summed E-state index contributed by atoms with van der Waals surface area (Å²) < 4.78 is 0. The first-order valence-electron chi connectivity index (χ1n) is 7.88. The van der Waals surface area contributed by atoms with E-state index in [0.29, 0.717) is 16.8 Å². The van der Waals surface area contributed by atoms with Crippen LogP contribution in [0.3, 0.4) is 0 Å². The van der Waals surface area contributed by atoms with E-state index in [2.05, 4.69) is 32.5 Å². The second-order valence-electron chi connectivity index (χ2n) is 5.49. The third-order valence-corrected chi connectivity index (χ3v) is 5.09. The fourth-order valence-corrected chi connectivity index (χ4v) is 3.85. The fraction of sp³-hybridized carbons (Fsp3) is 0.533. The first-order valence-corrected chi connectivity index (χ1v) is 8.93. The number of hydrogen-bond donors (Lipinski definition) is 1. The molecule has 1 fully saturated rings.